The highest BCUT2D eigenvalue weighted by atomic mass is 35.5. The van der Waals surface area contributed by atoms with Gasteiger partial charge in [-0.1, -0.05) is 43.6 Å². The van der Waals surface area contributed by atoms with Crippen LogP contribution in [0.3, 0.4) is 0 Å². The summed E-state index contributed by atoms with van der Waals surface area (Å²) < 4.78 is 5.90. The molecule has 3 aromatic rings. The monoisotopic (exact) mass is 354 g/mol. The van der Waals surface area contributed by atoms with E-state index in [9.17, 15) is 0 Å². The Balaban J connectivity index is 1.59. The van der Waals surface area contributed by atoms with Gasteiger partial charge in [0.05, 0.1) is 10.6 Å². The first-order chi connectivity index (χ1) is 12.1. The zero-order valence-electron chi connectivity index (χ0n) is 14.7. The Hall–Kier alpha value is -1.84. The lowest BCUT2D eigenvalue weighted by Gasteiger charge is -2.34. The van der Waals surface area contributed by atoms with Crippen LogP contribution in [0.5, 0.6) is 0 Å². The molecular weight excluding hydrogens is 332 g/mol. The van der Waals surface area contributed by atoms with Crippen LogP contribution in [0.1, 0.15) is 25.8 Å². The first kappa shape index (κ1) is 16.6. The Morgan fingerprint density at radius 3 is 2.64 bits per heavy atom. The quantitative estimate of drug-likeness (QED) is 0.610. The van der Waals surface area contributed by atoms with Gasteiger partial charge in [0, 0.05) is 19.6 Å². The molecule has 0 spiro atoms. The third-order valence-electron chi connectivity index (χ3n) is 4.91. The molecule has 1 aliphatic rings. The smallest absolute Gasteiger partial charge is 0.228 e. The number of hydrogen-bond donors (Lipinski definition) is 0. The molecule has 2 atom stereocenters. The van der Waals surface area contributed by atoms with Crippen LogP contribution in [-0.2, 0) is 6.54 Å². The molecule has 1 saturated heterocycles. The molecule has 3 nitrogen and oxygen atoms in total. The molecule has 0 aliphatic carbocycles. The number of likely N-dealkylation sites (tertiary alicyclic amines) is 1. The molecule has 0 bridgehead atoms. The summed E-state index contributed by atoms with van der Waals surface area (Å²) in [6.45, 7) is 8.01. The largest absolute Gasteiger partial charge is 0.436 e. The number of piperidine rings is 1. The van der Waals surface area contributed by atoms with Gasteiger partial charge in [-0.05, 0) is 48.1 Å². The first-order valence-corrected chi connectivity index (χ1v) is 9.33. The average Bonchev–Trinajstić information content (AvgIpc) is 2.97. The van der Waals surface area contributed by atoms with Gasteiger partial charge in [0.15, 0.2) is 5.58 Å². The molecule has 2 heterocycles. The van der Waals surface area contributed by atoms with E-state index in [0.29, 0.717) is 10.9 Å². The molecule has 0 unspecified atom stereocenters. The fraction of sp³-hybridized carbons (Fsp3) is 0.381. The second-order valence-corrected chi connectivity index (χ2v) is 7.85. The molecule has 0 N–H and O–H groups in total. The molecular formula is C21H23ClN2O. The van der Waals surface area contributed by atoms with Gasteiger partial charge in [-0.15, -0.1) is 0 Å². The molecule has 4 heteroatoms. The summed E-state index contributed by atoms with van der Waals surface area (Å²) in [6, 6.07) is 14.0. The van der Waals surface area contributed by atoms with E-state index < -0.39 is 0 Å². The Labute approximate surface area is 153 Å². The van der Waals surface area contributed by atoms with Crippen molar-refractivity contribution in [3.05, 3.63) is 53.1 Å². The molecule has 130 valence electrons. The summed E-state index contributed by atoms with van der Waals surface area (Å²) in [5.41, 5.74) is 3.82. The molecule has 25 heavy (non-hydrogen) atoms. The van der Waals surface area contributed by atoms with Crippen molar-refractivity contribution >= 4 is 22.7 Å². The van der Waals surface area contributed by atoms with Crippen molar-refractivity contribution in [3.8, 4) is 11.5 Å². The van der Waals surface area contributed by atoms with E-state index in [4.69, 9.17) is 16.0 Å². The summed E-state index contributed by atoms with van der Waals surface area (Å²) >= 11 is 6.27. The van der Waals surface area contributed by atoms with E-state index in [-0.39, 0.29) is 0 Å². The zero-order chi connectivity index (χ0) is 17.4. The van der Waals surface area contributed by atoms with Gasteiger partial charge >= 0.3 is 0 Å². The van der Waals surface area contributed by atoms with E-state index >= 15 is 0 Å². The number of aromatic nitrogens is 1. The van der Waals surface area contributed by atoms with Crippen molar-refractivity contribution in [3.63, 3.8) is 0 Å². The van der Waals surface area contributed by atoms with Gasteiger partial charge in [-0.3, -0.25) is 4.90 Å². The van der Waals surface area contributed by atoms with Gasteiger partial charge < -0.3 is 4.42 Å². The summed E-state index contributed by atoms with van der Waals surface area (Å²) in [7, 11) is 0. The van der Waals surface area contributed by atoms with Crippen molar-refractivity contribution in [2.24, 2.45) is 11.8 Å². The Kier molecular flexibility index (Phi) is 4.53. The van der Waals surface area contributed by atoms with Gasteiger partial charge in [-0.25, -0.2) is 4.98 Å². The Morgan fingerprint density at radius 2 is 1.88 bits per heavy atom. The lowest BCUT2D eigenvalue weighted by Crippen LogP contribution is -2.38. The highest BCUT2D eigenvalue weighted by molar-refractivity contribution is 6.33. The fourth-order valence-corrected chi connectivity index (χ4v) is 4.22. The van der Waals surface area contributed by atoms with Gasteiger partial charge in [0.2, 0.25) is 5.89 Å². The molecule has 2 aromatic carbocycles. The van der Waals surface area contributed by atoms with Gasteiger partial charge in [-0.2, -0.15) is 0 Å². The normalized spacial score (nSPS) is 21.7. The maximum atomic E-state index is 6.27. The average molecular weight is 355 g/mol. The van der Waals surface area contributed by atoms with E-state index in [1.165, 1.54) is 25.1 Å². The Bertz CT molecular complexity index is 878. The molecule has 1 aliphatic heterocycles. The second kappa shape index (κ2) is 6.81. The number of hydrogen-bond acceptors (Lipinski definition) is 3. The van der Waals surface area contributed by atoms with E-state index in [2.05, 4.69) is 35.9 Å². The minimum atomic E-state index is 0.581. The van der Waals surface area contributed by atoms with Crippen LogP contribution in [0.15, 0.2) is 46.9 Å². The Morgan fingerprint density at radius 1 is 1.12 bits per heavy atom. The maximum absolute atomic E-state index is 6.27. The molecule has 0 amide bonds. The third kappa shape index (κ3) is 3.58. The standard InChI is InChI=1S/C21H23ClN2O/c1-14-9-15(2)12-24(11-14)13-16-7-8-20-19(10-16)23-21(25-20)17-5-3-4-6-18(17)22/h3-8,10,14-15H,9,11-13H2,1-2H3/t14-,15-/m1/s1. The number of rotatable bonds is 3. The predicted octanol–water partition coefficient (Wildman–Crippen LogP) is 5.63. The van der Waals surface area contributed by atoms with Crippen molar-refractivity contribution < 1.29 is 4.42 Å². The van der Waals surface area contributed by atoms with Crippen LogP contribution >= 0.6 is 11.6 Å². The highest BCUT2D eigenvalue weighted by Gasteiger charge is 2.22. The van der Waals surface area contributed by atoms with Crippen LogP contribution < -0.4 is 0 Å². The topological polar surface area (TPSA) is 29.3 Å². The van der Waals surface area contributed by atoms with Gasteiger partial charge in [0.1, 0.15) is 5.52 Å². The SMILES string of the molecule is C[C@@H]1C[C@@H](C)CN(Cc2ccc3oc(-c4ccccc4Cl)nc3c2)C1. The van der Waals surface area contributed by atoms with Crippen LogP contribution in [-0.4, -0.2) is 23.0 Å². The second-order valence-electron chi connectivity index (χ2n) is 7.44. The summed E-state index contributed by atoms with van der Waals surface area (Å²) in [5.74, 6) is 2.12. The minimum absolute atomic E-state index is 0.581. The molecule has 4 rings (SSSR count). The summed E-state index contributed by atoms with van der Waals surface area (Å²) in [6.07, 6.45) is 1.33. The molecule has 1 aromatic heterocycles. The van der Waals surface area contributed by atoms with Crippen LogP contribution in [0.2, 0.25) is 5.02 Å². The van der Waals surface area contributed by atoms with Crippen LogP contribution in [0, 0.1) is 11.8 Å². The first-order valence-electron chi connectivity index (χ1n) is 8.95. The van der Waals surface area contributed by atoms with E-state index in [1.807, 2.05) is 30.3 Å². The maximum Gasteiger partial charge on any atom is 0.228 e. The van der Waals surface area contributed by atoms with Crippen molar-refractivity contribution in [2.75, 3.05) is 13.1 Å². The number of oxazole rings is 1. The van der Waals surface area contributed by atoms with E-state index in [0.717, 1.165) is 35.0 Å². The van der Waals surface area contributed by atoms with E-state index in [1.54, 1.807) is 0 Å². The van der Waals surface area contributed by atoms with Crippen LogP contribution in [0.4, 0.5) is 0 Å². The van der Waals surface area contributed by atoms with Crippen molar-refractivity contribution in [1.82, 2.24) is 9.88 Å². The van der Waals surface area contributed by atoms with Crippen molar-refractivity contribution in [2.45, 2.75) is 26.8 Å². The predicted molar refractivity (Wildman–Crippen MR) is 103 cm³/mol. The molecule has 1 fully saturated rings. The van der Waals surface area contributed by atoms with Crippen molar-refractivity contribution in [1.29, 1.82) is 0 Å². The zero-order valence-corrected chi connectivity index (χ0v) is 15.5. The number of halogens is 1. The third-order valence-corrected chi connectivity index (χ3v) is 5.24. The van der Waals surface area contributed by atoms with Gasteiger partial charge in [0.25, 0.3) is 0 Å². The highest BCUT2D eigenvalue weighted by Crippen LogP contribution is 2.30. The minimum Gasteiger partial charge on any atom is -0.436 e. The molecule has 0 radical (unpaired) electrons. The fourth-order valence-electron chi connectivity index (χ4n) is 4.00. The number of fused-ring (bicyclic) bond motifs is 1. The summed E-state index contributed by atoms with van der Waals surface area (Å²) in [4.78, 5) is 7.21. The lowest BCUT2D eigenvalue weighted by atomic mass is 9.91. The lowest BCUT2D eigenvalue weighted by molar-refractivity contribution is 0.134. The van der Waals surface area contributed by atoms with Crippen LogP contribution in [0.25, 0.3) is 22.6 Å². The molecule has 0 saturated carbocycles. The number of benzene rings is 2. The number of nitrogens with zero attached hydrogens (tertiary/aromatic N) is 2. The summed E-state index contributed by atoms with van der Waals surface area (Å²) in [5, 5.41) is 0.658.